The molecule has 41 heavy (non-hydrogen) atoms. The van der Waals surface area contributed by atoms with E-state index >= 15 is 0 Å². The van der Waals surface area contributed by atoms with Gasteiger partial charge in [0.2, 0.25) is 21.8 Å². The normalized spacial score (nSPS) is 14.3. The van der Waals surface area contributed by atoms with Crippen LogP contribution in [-0.4, -0.2) is 56.6 Å². The maximum Gasteiger partial charge on any atom is 0.244 e. The zero-order valence-corrected chi connectivity index (χ0v) is 24.6. The molecule has 1 fully saturated rings. The fraction of sp³-hybridized carbons (Fsp3) is 0.375. The molecule has 1 N–H and O–H groups in total. The van der Waals surface area contributed by atoms with Gasteiger partial charge in [-0.15, -0.1) is 0 Å². The summed E-state index contributed by atoms with van der Waals surface area (Å²) in [5.41, 5.74) is 2.03. The molecule has 1 saturated carbocycles. The monoisotopic (exact) mass is 577 g/mol. The number of carbonyl (C=O) groups excluding carboxylic acids is 2. The second-order valence-electron chi connectivity index (χ2n) is 10.4. The zero-order valence-electron chi connectivity index (χ0n) is 23.7. The standard InChI is InChI=1S/C32H39N3O5S/c1-3-40-30-21-13-12-20-28(30)35(41(2,38)39)24-31(36)34(23-26-16-8-5-9-17-26)29(22-25-14-6-4-7-15-25)32(37)33-27-18-10-11-19-27/h4-9,12-17,20-21,27,29H,3,10-11,18-19,22-24H2,1-2H3,(H,33,37). The number of hydrogen-bond acceptors (Lipinski definition) is 5. The van der Waals surface area contributed by atoms with E-state index in [4.69, 9.17) is 4.74 Å². The van der Waals surface area contributed by atoms with Gasteiger partial charge in [0.15, 0.2) is 0 Å². The molecule has 1 aliphatic rings. The average Bonchev–Trinajstić information content (AvgIpc) is 3.47. The highest BCUT2D eigenvalue weighted by molar-refractivity contribution is 7.92. The highest BCUT2D eigenvalue weighted by atomic mass is 32.2. The lowest BCUT2D eigenvalue weighted by atomic mass is 10.0. The molecule has 0 aliphatic heterocycles. The lowest BCUT2D eigenvalue weighted by molar-refractivity contribution is -0.140. The number of amides is 2. The van der Waals surface area contributed by atoms with Gasteiger partial charge in [0.05, 0.1) is 18.6 Å². The van der Waals surface area contributed by atoms with Crippen molar-refractivity contribution in [2.75, 3.05) is 23.7 Å². The van der Waals surface area contributed by atoms with Crippen LogP contribution in [0.2, 0.25) is 0 Å². The number of para-hydroxylation sites is 2. The minimum Gasteiger partial charge on any atom is -0.492 e. The summed E-state index contributed by atoms with van der Waals surface area (Å²) in [4.78, 5) is 29.6. The summed E-state index contributed by atoms with van der Waals surface area (Å²) in [6, 6.07) is 25.0. The van der Waals surface area contributed by atoms with Crippen LogP contribution in [-0.2, 0) is 32.6 Å². The third-order valence-corrected chi connectivity index (χ3v) is 8.41. The van der Waals surface area contributed by atoms with Crippen molar-refractivity contribution in [2.24, 2.45) is 0 Å². The largest absolute Gasteiger partial charge is 0.492 e. The van der Waals surface area contributed by atoms with Crippen LogP contribution in [0.5, 0.6) is 5.75 Å². The first-order valence-corrected chi connectivity index (χ1v) is 16.0. The number of nitrogens with one attached hydrogen (secondary N) is 1. The van der Waals surface area contributed by atoms with E-state index < -0.39 is 28.5 Å². The fourth-order valence-corrected chi connectivity index (χ4v) is 6.09. The van der Waals surface area contributed by atoms with Crippen molar-refractivity contribution in [3.63, 3.8) is 0 Å². The predicted octanol–water partition coefficient (Wildman–Crippen LogP) is 4.55. The molecule has 0 radical (unpaired) electrons. The zero-order chi connectivity index (χ0) is 29.2. The minimum atomic E-state index is -3.88. The molecule has 0 saturated heterocycles. The van der Waals surface area contributed by atoms with Gasteiger partial charge in [-0.2, -0.15) is 0 Å². The Morgan fingerprint density at radius 3 is 2.10 bits per heavy atom. The van der Waals surface area contributed by atoms with Crippen LogP contribution in [0.1, 0.15) is 43.7 Å². The summed E-state index contributed by atoms with van der Waals surface area (Å²) >= 11 is 0. The van der Waals surface area contributed by atoms with E-state index in [2.05, 4.69) is 5.32 Å². The minimum absolute atomic E-state index is 0.0695. The number of sulfonamides is 1. The molecule has 0 spiro atoms. The van der Waals surface area contributed by atoms with Crippen molar-refractivity contribution < 1.29 is 22.7 Å². The molecule has 1 aliphatic carbocycles. The van der Waals surface area contributed by atoms with Gasteiger partial charge in [0.25, 0.3) is 0 Å². The molecular weight excluding hydrogens is 538 g/mol. The summed E-state index contributed by atoms with van der Waals surface area (Å²) < 4.78 is 32.9. The number of hydrogen-bond donors (Lipinski definition) is 1. The first kappa shape index (κ1) is 30.1. The molecule has 3 aromatic carbocycles. The summed E-state index contributed by atoms with van der Waals surface area (Å²) in [5.74, 6) is -0.346. The molecule has 0 aromatic heterocycles. The van der Waals surface area contributed by atoms with Crippen molar-refractivity contribution in [1.29, 1.82) is 0 Å². The van der Waals surface area contributed by atoms with Crippen molar-refractivity contribution >= 4 is 27.5 Å². The van der Waals surface area contributed by atoms with Crippen molar-refractivity contribution in [2.45, 2.75) is 57.7 Å². The van der Waals surface area contributed by atoms with Crippen LogP contribution >= 0.6 is 0 Å². The maximum absolute atomic E-state index is 14.2. The molecule has 8 nitrogen and oxygen atoms in total. The quantitative estimate of drug-likeness (QED) is 0.322. The van der Waals surface area contributed by atoms with Gasteiger partial charge in [0, 0.05) is 19.0 Å². The van der Waals surface area contributed by atoms with Gasteiger partial charge in [-0.3, -0.25) is 13.9 Å². The van der Waals surface area contributed by atoms with Gasteiger partial charge >= 0.3 is 0 Å². The van der Waals surface area contributed by atoms with Gasteiger partial charge in [-0.25, -0.2) is 8.42 Å². The fourth-order valence-electron chi connectivity index (χ4n) is 5.24. The van der Waals surface area contributed by atoms with Crippen molar-refractivity contribution in [3.05, 3.63) is 96.1 Å². The first-order valence-electron chi connectivity index (χ1n) is 14.1. The van der Waals surface area contributed by atoms with Crippen LogP contribution in [0.4, 0.5) is 5.69 Å². The Morgan fingerprint density at radius 1 is 0.902 bits per heavy atom. The van der Waals surface area contributed by atoms with Gasteiger partial charge in [0.1, 0.15) is 18.3 Å². The Labute approximate surface area is 243 Å². The van der Waals surface area contributed by atoms with E-state index in [9.17, 15) is 18.0 Å². The number of benzene rings is 3. The van der Waals surface area contributed by atoms with E-state index in [1.54, 1.807) is 24.3 Å². The Balaban J connectivity index is 1.72. The third kappa shape index (κ3) is 8.33. The second kappa shape index (κ2) is 14.2. The van der Waals surface area contributed by atoms with E-state index in [0.717, 1.165) is 47.4 Å². The second-order valence-corrected chi connectivity index (χ2v) is 12.3. The van der Waals surface area contributed by atoms with Crippen LogP contribution in [0.3, 0.4) is 0 Å². The summed E-state index contributed by atoms with van der Waals surface area (Å²) in [5, 5.41) is 3.18. The Kier molecular flexibility index (Phi) is 10.4. The summed E-state index contributed by atoms with van der Waals surface area (Å²) in [6.45, 7) is 1.83. The van der Waals surface area contributed by atoms with Crippen LogP contribution in [0.15, 0.2) is 84.9 Å². The van der Waals surface area contributed by atoms with E-state index in [1.165, 1.54) is 4.90 Å². The van der Waals surface area contributed by atoms with Crippen molar-refractivity contribution in [3.8, 4) is 5.75 Å². The number of carbonyl (C=O) groups is 2. The van der Waals surface area contributed by atoms with Gasteiger partial charge in [-0.1, -0.05) is 85.6 Å². The van der Waals surface area contributed by atoms with E-state index in [0.29, 0.717) is 18.8 Å². The molecular formula is C32H39N3O5S. The average molecular weight is 578 g/mol. The Bertz CT molecular complexity index is 1390. The molecule has 3 aromatic rings. The first-order chi connectivity index (χ1) is 19.8. The highest BCUT2D eigenvalue weighted by Crippen LogP contribution is 2.30. The summed E-state index contributed by atoms with van der Waals surface area (Å²) in [6.07, 6.45) is 5.30. The maximum atomic E-state index is 14.2. The third-order valence-electron chi connectivity index (χ3n) is 7.28. The van der Waals surface area contributed by atoms with Gasteiger partial charge < -0.3 is 15.0 Å². The van der Waals surface area contributed by atoms with Crippen LogP contribution < -0.4 is 14.4 Å². The molecule has 0 bridgehead atoms. The smallest absolute Gasteiger partial charge is 0.244 e. The van der Waals surface area contributed by atoms with Crippen LogP contribution in [0.25, 0.3) is 0 Å². The lowest BCUT2D eigenvalue weighted by Gasteiger charge is -2.34. The summed E-state index contributed by atoms with van der Waals surface area (Å²) in [7, 11) is -3.88. The predicted molar refractivity (Wildman–Crippen MR) is 161 cm³/mol. The highest BCUT2D eigenvalue weighted by Gasteiger charge is 2.34. The molecule has 0 heterocycles. The van der Waals surface area contributed by atoms with Crippen molar-refractivity contribution in [1.82, 2.24) is 10.2 Å². The molecule has 1 unspecified atom stereocenters. The topological polar surface area (TPSA) is 96.0 Å². The van der Waals surface area contributed by atoms with E-state index in [1.807, 2.05) is 67.6 Å². The number of anilines is 1. The number of rotatable bonds is 13. The Hall–Kier alpha value is -3.85. The molecule has 1 atom stereocenters. The van der Waals surface area contributed by atoms with Gasteiger partial charge in [-0.05, 0) is 43.0 Å². The molecule has 2 amide bonds. The lowest BCUT2D eigenvalue weighted by Crippen LogP contribution is -2.54. The van der Waals surface area contributed by atoms with Crippen LogP contribution in [0, 0.1) is 0 Å². The Morgan fingerprint density at radius 2 is 1.49 bits per heavy atom. The molecule has 218 valence electrons. The SMILES string of the molecule is CCOc1ccccc1N(CC(=O)N(Cc1ccccc1)C(Cc1ccccc1)C(=O)NC1CCCC1)S(C)(=O)=O. The molecule has 9 heteroatoms. The van der Waals surface area contributed by atoms with E-state index in [-0.39, 0.29) is 24.2 Å². The number of nitrogens with zero attached hydrogens (tertiary/aromatic N) is 2. The molecule has 4 rings (SSSR count). The number of ether oxygens (including phenoxy) is 1.